The summed E-state index contributed by atoms with van der Waals surface area (Å²) in [4.78, 5) is 11.0. The maximum absolute atomic E-state index is 13.7. The summed E-state index contributed by atoms with van der Waals surface area (Å²) in [6.45, 7) is 6.22. The zero-order valence-electron chi connectivity index (χ0n) is 20.5. The van der Waals surface area contributed by atoms with Crippen molar-refractivity contribution in [2.75, 3.05) is 13.2 Å². The fraction of sp³-hybridized carbons (Fsp3) is 0.321. The maximum atomic E-state index is 13.7. The number of benzene rings is 3. The van der Waals surface area contributed by atoms with Crippen molar-refractivity contribution in [3.8, 4) is 11.5 Å². The first-order chi connectivity index (χ1) is 17.0. The van der Waals surface area contributed by atoms with Crippen LogP contribution >= 0.6 is 11.6 Å². The number of carboxylic acids is 1. The minimum atomic E-state index is -1.00. The van der Waals surface area contributed by atoms with Gasteiger partial charge in [0.25, 0.3) is 0 Å². The van der Waals surface area contributed by atoms with Gasteiger partial charge in [-0.05, 0) is 75.2 Å². The van der Waals surface area contributed by atoms with Gasteiger partial charge >= 0.3 is 5.97 Å². The van der Waals surface area contributed by atoms with Gasteiger partial charge in [-0.25, -0.2) is 9.18 Å². The summed E-state index contributed by atoms with van der Waals surface area (Å²) in [5.41, 5.74) is 1.40. The molecule has 3 aromatic rings. The molecule has 0 aromatic heterocycles. The Balaban J connectivity index is 1.52. The van der Waals surface area contributed by atoms with E-state index < -0.39 is 17.9 Å². The van der Waals surface area contributed by atoms with Crippen LogP contribution in [0.4, 0.5) is 4.39 Å². The second kappa shape index (κ2) is 12.3. The lowest BCUT2D eigenvalue weighted by Crippen LogP contribution is -2.46. The van der Waals surface area contributed by atoms with E-state index in [-0.39, 0.29) is 28.8 Å². The van der Waals surface area contributed by atoms with Gasteiger partial charge in [0.15, 0.2) is 0 Å². The van der Waals surface area contributed by atoms with Gasteiger partial charge in [0.05, 0.1) is 29.4 Å². The fourth-order valence-electron chi connectivity index (χ4n) is 3.72. The number of aliphatic hydroxyl groups is 1. The molecule has 0 radical (unpaired) electrons. The third-order valence-electron chi connectivity index (χ3n) is 5.67. The van der Waals surface area contributed by atoms with Gasteiger partial charge in [0, 0.05) is 17.6 Å². The number of hydrogen-bond acceptors (Lipinski definition) is 5. The minimum Gasteiger partial charge on any atom is -0.478 e. The topological polar surface area (TPSA) is 88.0 Å². The van der Waals surface area contributed by atoms with E-state index in [2.05, 4.69) is 5.32 Å². The summed E-state index contributed by atoms with van der Waals surface area (Å²) in [6, 6.07) is 18.3. The zero-order chi connectivity index (χ0) is 26.3. The lowest BCUT2D eigenvalue weighted by Gasteiger charge is -2.28. The molecule has 0 heterocycles. The number of halogens is 2. The third-order valence-corrected chi connectivity index (χ3v) is 5.98. The van der Waals surface area contributed by atoms with E-state index in [9.17, 15) is 14.3 Å². The van der Waals surface area contributed by atoms with E-state index in [4.69, 9.17) is 26.2 Å². The van der Waals surface area contributed by atoms with Crippen LogP contribution in [0.2, 0.25) is 5.02 Å². The predicted molar refractivity (Wildman–Crippen MR) is 137 cm³/mol. The molecule has 36 heavy (non-hydrogen) atoms. The average Bonchev–Trinajstić information content (AvgIpc) is 2.84. The molecule has 1 unspecified atom stereocenters. The number of rotatable bonds is 12. The highest BCUT2D eigenvalue weighted by molar-refractivity contribution is 6.30. The first-order valence-electron chi connectivity index (χ1n) is 11.6. The molecule has 0 aliphatic rings. The van der Waals surface area contributed by atoms with Crippen LogP contribution in [0.15, 0.2) is 66.7 Å². The fourth-order valence-corrected chi connectivity index (χ4v) is 3.84. The molecule has 0 fully saturated rings. The number of β-amino-alcohol motifs (C(OH)–C–C–N with tert-alkyl or cyclic N) is 1. The molecule has 0 aliphatic heterocycles. The Bertz CT molecular complexity index is 1170. The smallest absolute Gasteiger partial charge is 0.335 e. The van der Waals surface area contributed by atoms with Crippen molar-refractivity contribution in [2.24, 2.45) is 0 Å². The molecule has 192 valence electrons. The lowest BCUT2D eigenvalue weighted by atomic mass is 9.94. The summed E-state index contributed by atoms with van der Waals surface area (Å²) >= 11 is 5.76. The largest absolute Gasteiger partial charge is 0.478 e. The zero-order valence-corrected chi connectivity index (χ0v) is 21.3. The molecule has 3 aromatic carbocycles. The number of aliphatic hydroxyl groups excluding tert-OH is 1. The van der Waals surface area contributed by atoms with Gasteiger partial charge in [-0.1, -0.05) is 35.9 Å². The first-order valence-corrected chi connectivity index (χ1v) is 12.0. The number of carbonyl (C=O) groups is 1. The van der Waals surface area contributed by atoms with Crippen LogP contribution in [0.1, 0.15) is 48.4 Å². The van der Waals surface area contributed by atoms with Crippen molar-refractivity contribution in [3.05, 3.63) is 94.3 Å². The molecule has 6 nitrogen and oxygen atoms in total. The van der Waals surface area contributed by atoms with Crippen LogP contribution in [-0.4, -0.2) is 41.0 Å². The highest BCUT2D eigenvalue weighted by atomic mass is 35.5. The molecule has 3 rings (SSSR count). The molecule has 0 spiro atoms. The van der Waals surface area contributed by atoms with Crippen LogP contribution in [0.5, 0.6) is 11.5 Å². The van der Waals surface area contributed by atoms with E-state index in [1.165, 1.54) is 18.2 Å². The number of carboxylic acid groups (broad SMARTS) is 1. The molecule has 8 heteroatoms. The first kappa shape index (κ1) is 27.6. The summed E-state index contributed by atoms with van der Waals surface area (Å²) in [5, 5.41) is 22.9. The molecule has 0 amide bonds. The number of hydrogen-bond donors (Lipinski definition) is 3. The van der Waals surface area contributed by atoms with Crippen molar-refractivity contribution in [1.82, 2.24) is 5.32 Å². The Morgan fingerprint density at radius 3 is 2.47 bits per heavy atom. The van der Waals surface area contributed by atoms with Crippen molar-refractivity contribution in [3.63, 3.8) is 0 Å². The number of nitrogens with one attached hydrogen (secondary N) is 1. The molecule has 2 atom stereocenters. The maximum Gasteiger partial charge on any atom is 0.335 e. The van der Waals surface area contributed by atoms with Gasteiger partial charge in [-0.15, -0.1) is 0 Å². The Morgan fingerprint density at radius 2 is 1.81 bits per heavy atom. The summed E-state index contributed by atoms with van der Waals surface area (Å²) in [6.07, 6.45) is -0.562. The molecule has 0 saturated carbocycles. The molecule has 0 saturated heterocycles. The van der Waals surface area contributed by atoms with E-state index in [1.54, 1.807) is 30.3 Å². The van der Waals surface area contributed by atoms with Gasteiger partial charge in [-0.2, -0.15) is 0 Å². The molecule has 0 bridgehead atoms. The quantitative estimate of drug-likeness (QED) is 0.273. The monoisotopic (exact) mass is 515 g/mol. The van der Waals surface area contributed by atoms with Gasteiger partial charge in [-0.3, -0.25) is 0 Å². The standard InChI is InChI=1S/C28H31ClFNO5/c1-18(23-6-4-5-7-26(23)36-22-11-9-20(10-12-22)27(33)34)35-17-21(32)16-31-28(2,3)15-19-8-13-24(29)25(30)14-19/h4-14,18,21,31-32H,15-17H2,1-3H3,(H,33,34)/t18?,21-/m0/s1. The van der Waals surface area contributed by atoms with Crippen LogP contribution in [0.3, 0.4) is 0 Å². The van der Waals surface area contributed by atoms with Crippen LogP contribution in [0, 0.1) is 5.82 Å². The van der Waals surface area contributed by atoms with Crippen LogP contribution in [0.25, 0.3) is 0 Å². The highest BCUT2D eigenvalue weighted by Gasteiger charge is 2.21. The summed E-state index contributed by atoms with van der Waals surface area (Å²) in [7, 11) is 0. The second-order valence-electron chi connectivity index (χ2n) is 9.29. The van der Waals surface area contributed by atoms with Gasteiger partial charge in [0.2, 0.25) is 0 Å². The van der Waals surface area contributed by atoms with E-state index in [0.29, 0.717) is 24.5 Å². The Labute approximate surface area is 215 Å². The second-order valence-corrected chi connectivity index (χ2v) is 9.70. The average molecular weight is 516 g/mol. The highest BCUT2D eigenvalue weighted by Crippen LogP contribution is 2.31. The van der Waals surface area contributed by atoms with Crippen molar-refractivity contribution >= 4 is 17.6 Å². The van der Waals surface area contributed by atoms with E-state index in [0.717, 1.165) is 11.1 Å². The summed E-state index contributed by atoms with van der Waals surface area (Å²) < 4.78 is 25.6. The van der Waals surface area contributed by atoms with E-state index in [1.807, 2.05) is 39.0 Å². The number of aromatic carboxylic acids is 1. The van der Waals surface area contributed by atoms with Gasteiger partial charge in [0.1, 0.15) is 17.3 Å². The molecule has 3 N–H and O–H groups in total. The van der Waals surface area contributed by atoms with Crippen molar-refractivity contribution < 1.29 is 28.9 Å². The van der Waals surface area contributed by atoms with Gasteiger partial charge < -0.3 is 25.0 Å². The van der Waals surface area contributed by atoms with Crippen LogP contribution in [-0.2, 0) is 11.2 Å². The van der Waals surface area contributed by atoms with Crippen molar-refractivity contribution in [2.45, 2.75) is 44.9 Å². The van der Waals surface area contributed by atoms with E-state index >= 15 is 0 Å². The lowest BCUT2D eigenvalue weighted by molar-refractivity contribution is -0.00481. The normalized spacial score (nSPS) is 13.3. The van der Waals surface area contributed by atoms with Crippen molar-refractivity contribution in [1.29, 1.82) is 0 Å². The summed E-state index contributed by atoms with van der Waals surface area (Å²) in [5.74, 6) is -0.364. The molecular formula is C28H31ClFNO5. The third kappa shape index (κ3) is 8.03. The number of ether oxygens (including phenoxy) is 2. The SMILES string of the molecule is CC(OC[C@@H](O)CNC(C)(C)Cc1ccc(Cl)c(F)c1)c1ccccc1Oc1ccc(C(=O)O)cc1. The Kier molecular flexibility index (Phi) is 9.45. The number of para-hydroxylation sites is 1. The molecular weight excluding hydrogens is 485 g/mol. The minimum absolute atomic E-state index is 0.0919. The Hall–Kier alpha value is -2.97. The molecule has 0 aliphatic carbocycles. The Morgan fingerprint density at radius 1 is 1.11 bits per heavy atom. The van der Waals surface area contributed by atoms with Crippen LogP contribution < -0.4 is 10.1 Å². The predicted octanol–water partition coefficient (Wildman–Crippen LogP) is 6.02.